The summed E-state index contributed by atoms with van der Waals surface area (Å²) in [6, 6.07) is 34.2. The lowest BCUT2D eigenvalue weighted by Crippen LogP contribution is -2.09. The lowest BCUT2D eigenvalue weighted by Gasteiger charge is -2.25. The lowest BCUT2D eigenvalue weighted by atomic mass is 10.0. The first kappa shape index (κ1) is 21.5. The van der Waals surface area contributed by atoms with Gasteiger partial charge in [-0.25, -0.2) is 0 Å². The van der Waals surface area contributed by atoms with E-state index in [1.54, 1.807) is 6.08 Å². The number of nitrogens with zero attached hydrogens (tertiary/aromatic N) is 1. The van der Waals surface area contributed by atoms with E-state index in [0.29, 0.717) is 0 Å². The number of benzene rings is 4. The van der Waals surface area contributed by atoms with Crippen molar-refractivity contribution in [3.05, 3.63) is 127 Å². The molecule has 0 aliphatic carbocycles. The minimum atomic E-state index is 0.791. The number of para-hydroxylation sites is 1. The normalized spacial score (nSPS) is 11.2. The predicted molar refractivity (Wildman–Crippen MR) is 146 cm³/mol. The first-order valence-corrected chi connectivity index (χ1v) is 11.5. The molecular formula is C32H27NO. The molecule has 2 heteroatoms. The summed E-state index contributed by atoms with van der Waals surface area (Å²) in [5.74, 6) is 0.791. The van der Waals surface area contributed by atoms with Crippen molar-refractivity contribution in [2.24, 2.45) is 0 Å². The molecule has 0 N–H and O–H groups in total. The zero-order chi connectivity index (χ0) is 23.5. The highest BCUT2D eigenvalue weighted by Crippen LogP contribution is 2.39. The number of rotatable bonds is 6. The van der Waals surface area contributed by atoms with E-state index in [0.717, 1.165) is 39.4 Å². The maximum atomic E-state index is 6.03. The minimum absolute atomic E-state index is 0.791. The van der Waals surface area contributed by atoms with Crippen LogP contribution in [0.2, 0.25) is 0 Å². The molecule has 0 radical (unpaired) electrons. The summed E-state index contributed by atoms with van der Waals surface area (Å²) in [5, 5.41) is 1.07. The Bertz CT molecular complexity index is 1460. The van der Waals surface area contributed by atoms with Crippen molar-refractivity contribution >= 4 is 40.2 Å². The zero-order valence-corrected chi connectivity index (χ0v) is 19.5. The second kappa shape index (κ2) is 9.29. The van der Waals surface area contributed by atoms with E-state index in [2.05, 4.69) is 109 Å². The summed E-state index contributed by atoms with van der Waals surface area (Å²) in [7, 11) is 0. The van der Waals surface area contributed by atoms with Gasteiger partial charge in [0.15, 0.2) is 0 Å². The number of hydrogen-bond donors (Lipinski definition) is 0. The second-order valence-corrected chi connectivity index (χ2v) is 8.35. The highest BCUT2D eigenvalue weighted by molar-refractivity contribution is 5.94. The number of anilines is 3. The largest absolute Gasteiger partial charge is 0.456 e. The van der Waals surface area contributed by atoms with Crippen LogP contribution in [0.25, 0.3) is 34.2 Å². The summed E-state index contributed by atoms with van der Waals surface area (Å²) >= 11 is 0. The SMILES string of the molecule is C=Cc1oc2ccc(N(c3ccccc3)c3ccc(-c4ccc(C)cc4)cc3)cc2c1/C=C\C. The summed E-state index contributed by atoms with van der Waals surface area (Å²) in [6.45, 7) is 8.05. The molecule has 5 aromatic rings. The van der Waals surface area contributed by atoms with E-state index in [1.165, 1.54) is 16.7 Å². The van der Waals surface area contributed by atoms with Crippen LogP contribution in [-0.2, 0) is 0 Å². The van der Waals surface area contributed by atoms with Gasteiger partial charge < -0.3 is 9.32 Å². The van der Waals surface area contributed by atoms with E-state index >= 15 is 0 Å². The third kappa shape index (κ3) is 4.06. The van der Waals surface area contributed by atoms with Crippen LogP contribution in [0.15, 0.2) is 114 Å². The Kier molecular flexibility index (Phi) is 5.88. The van der Waals surface area contributed by atoms with Gasteiger partial charge in [0.25, 0.3) is 0 Å². The molecule has 0 bridgehead atoms. The standard InChI is InChI=1S/C32H27NO/c1-4-9-29-30-22-28(20-21-32(30)34-31(29)5-2)33(26-10-7-6-8-11-26)27-18-16-25(17-19-27)24-14-12-23(3)13-15-24/h4-22H,2H2,1,3H3/b9-4-. The molecule has 0 fully saturated rings. The Morgan fingerprint density at radius 2 is 1.35 bits per heavy atom. The van der Waals surface area contributed by atoms with E-state index in [9.17, 15) is 0 Å². The molecule has 4 aromatic carbocycles. The van der Waals surface area contributed by atoms with Crippen molar-refractivity contribution in [1.29, 1.82) is 0 Å². The number of furan rings is 1. The van der Waals surface area contributed by atoms with E-state index < -0.39 is 0 Å². The molecule has 0 unspecified atom stereocenters. The van der Waals surface area contributed by atoms with Gasteiger partial charge in [-0.05, 0) is 73.5 Å². The zero-order valence-electron chi connectivity index (χ0n) is 19.5. The van der Waals surface area contributed by atoms with Gasteiger partial charge in [0.1, 0.15) is 11.3 Å². The van der Waals surface area contributed by atoms with Gasteiger partial charge in [-0.3, -0.25) is 0 Å². The summed E-state index contributed by atoms with van der Waals surface area (Å²) in [4.78, 5) is 2.28. The number of aryl methyl sites for hydroxylation is 1. The monoisotopic (exact) mass is 441 g/mol. The van der Waals surface area contributed by atoms with Crippen LogP contribution >= 0.6 is 0 Å². The Morgan fingerprint density at radius 3 is 2.00 bits per heavy atom. The van der Waals surface area contributed by atoms with Crippen LogP contribution in [0.3, 0.4) is 0 Å². The predicted octanol–water partition coefficient (Wildman–Crippen LogP) is 9.55. The van der Waals surface area contributed by atoms with Gasteiger partial charge in [-0.2, -0.15) is 0 Å². The number of allylic oxidation sites excluding steroid dienone is 1. The fourth-order valence-corrected chi connectivity index (χ4v) is 4.33. The Morgan fingerprint density at radius 1 is 0.735 bits per heavy atom. The Labute approximate surface area is 201 Å². The Hall–Kier alpha value is -4.30. The summed E-state index contributed by atoms with van der Waals surface area (Å²) in [6.07, 6.45) is 5.88. The number of fused-ring (bicyclic) bond motifs is 1. The molecular weight excluding hydrogens is 414 g/mol. The molecule has 2 nitrogen and oxygen atoms in total. The maximum absolute atomic E-state index is 6.03. The van der Waals surface area contributed by atoms with Gasteiger partial charge in [-0.1, -0.05) is 78.9 Å². The molecule has 0 spiro atoms. The van der Waals surface area contributed by atoms with Crippen molar-refractivity contribution < 1.29 is 4.42 Å². The fraction of sp³-hybridized carbons (Fsp3) is 0.0625. The lowest BCUT2D eigenvalue weighted by molar-refractivity contribution is 0.603. The van der Waals surface area contributed by atoms with Crippen LogP contribution < -0.4 is 4.90 Å². The van der Waals surface area contributed by atoms with Crippen LogP contribution in [0.4, 0.5) is 17.1 Å². The maximum Gasteiger partial charge on any atom is 0.135 e. The molecule has 0 aliphatic rings. The number of hydrogen-bond acceptors (Lipinski definition) is 2. The molecule has 0 saturated heterocycles. The average Bonchev–Trinajstić information content (AvgIpc) is 3.23. The third-order valence-electron chi connectivity index (χ3n) is 6.04. The summed E-state index contributed by atoms with van der Waals surface area (Å²) < 4.78 is 6.03. The van der Waals surface area contributed by atoms with Gasteiger partial charge in [0, 0.05) is 28.0 Å². The molecule has 0 amide bonds. The molecule has 34 heavy (non-hydrogen) atoms. The van der Waals surface area contributed by atoms with Crippen molar-refractivity contribution in [2.75, 3.05) is 4.90 Å². The minimum Gasteiger partial charge on any atom is -0.456 e. The highest BCUT2D eigenvalue weighted by Gasteiger charge is 2.16. The van der Waals surface area contributed by atoms with Crippen LogP contribution in [0.1, 0.15) is 23.8 Å². The molecule has 1 aromatic heterocycles. The van der Waals surface area contributed by atoms with Gasteiger partial charge in [0.05, 0.1) is 0 Å². The highest BCUT2D eigenvalue weighted by atomic mass is 16.3. The molecule has 166 valence electrons. The van der Waals surface area contributed by atoms with Crippen molar-refractivity contribution in [1.82, 2.24) is 0 Å². The summed E-state index contributed by atoms with van der Waals surface area (Å²) in [5.41, 5.74) is 8.87. The van der Waals surface area contributed by atoms with Gasteiger partial charge in [-0.15, -0.1) is 0 Å². The van der Waals surface area contributed by atoms with E-state index in [1.807, 2.05) is 25.1 Å². The molecule has 0 aliphatic heterocycles. The molecule has 1 heterocycles. The van der Waals surface area contributed by atoms with Crippen molar-refractivity contribution in [3.63, 3.8) is 0 Å². The average molecular weight is 442 g/mol. The van der Waals surface area contributed by atoms with Gasteiger partial charge >= 0.3 is 0 Å². The van der Waals surface area contributed by atoms with E-state index in [-0.39, 0.29) is 0 Å². The van der Waals surface area contributed by atoms with Crippen molar-refractivity contribution in [3.8, 4) is 11.1 Å². The topological polar surface area (TPSA) is 16.4 Å². The smallest absolute Gasteiger partial charge is 0.135 e. The Balaban J connectivity index is 1.62. The quantitative estimate of drug-likeness (QED) is 0.261. The third-order valence-corrected chi connectivity index (χ3v) is 6.04. The first-order chi connectivity index (χ1) is 16.7. The van der Waals surface area contributed by atoms with Crippen molar-refractivity contribution in [2.45, 2.75) is 13.8 Å². The van der Waals surface area contributed by atoms with E-state index in [4.69, 9.17) is 4.42 Å². The van der Waals surface area contributed by atoms with Gasteiger partial charge in [0.2, 0.25) is 0 Å². The second-order valence-electron chi connectivity index (χ2n) is 8.35. The van der Waals surface area contributed by atoms with Crippen LogP contribution in [-0.4, -0.2) is 0 Å². The first-order valence-electron chi connectivity index (χ1n) is 11.5. The molecule has 0 saturated carbocycles. The van der Waals surface area contributed by atoms with Crippen LogP contribution in [0, 0.1) is 6.92 Å². The molecule has 5 rings (SSSR count). The molecule has 0 atom stereocenters. The fourth-order valence-electron chi connectivity index (χ4n) is 4.33. The van der Waals surface area contributed by atoms with Crippen LogP contribution in [0.5, 0.6) is 0 Å².